The summed E-state index contributed by atoms with van der Waals surface area (Å²) in [7, 11) is 0. The summed E-state index contributed by atoms with van der Waals surface area (Å²) in [4.78, 5) is 11.6. The van der Waals surface area contributed by atoms with Gasteiger partial charge in [0.25, 0.3) is 0 Å². The van der Waals surface area contributed by atoms with Crippen LogP contribution in [0.2, 0.25) is 0 Å². The maximum atomic E-state index is 11.6. The predicted molar refractivity (Wildman–Crippen MR) is 59.6 cm³/mol. The van der Waals surface area contributed by atoms with Crippen LogP contribution < -0.4 is 5.32 Å². The maximum absolute atomic E-state index is 11.6. The van der Waals surface area contributed by atoms with Gasteiger partial charge in [0.15, 0.2) is 0 Å². The lowest BCUT2D eigenvalue weighted by atomic mass is 10.0. The van der Waals surface area contributed by atoms with E-state index in [1.807, 2.05) is 20.8 Å². The quantitative estimate of drug-likeness (QED) is 0.626. The number of aliphatic hydroxyl groups excluding tert-OH is 1. The summed E-state index contributed by atoms with van der Waals surface area (Å²) >= 11 is 0. The molecule has 15 heavy (non-hydrogen) atoms. The molecule has 2 N–H and O–H groups in total. The van der Waals surface area contributed by atoms with Gasteiger partial charge in [0.1, 0.15) is 6.04 Å². The SMILES string of the molecule is CCCC(NC(C)(C)CO)C(=O)OCC. The molecule has 0 aliphatic carbocycles. The lowest BCUT2D eigenvalue weighted by Gasteiger charge is -2.28. The van der Waals surface area contributed by atoms with Crippen LogP contribution in [0.1, 0.15) is 40.5 Å². The summed E-state index contributed by atoms with van der Waals surface area (Å²) in [5, 5.41) is 12.2. The van der Waals surface area contributed by atoms with E-state index in [1.165, 1.54) is 0 Å². The van der Waals surface area contributed by atoms with E-state index in [0.29, 0.717) is 6.61 Å². The van der Waals surface area contributed by atoms with Gasteiger partial charge in [-0.25, -0.2) is 0 Å². The van der Waals surface area contributed by atoms with Crippen molar-refractivity contribution < 1.29 is 14.6 Å². The Hall–Kier alpha value is -0.610. The van der Waals surface area contributed by atoms with Crippen LogP contribution in [0.5, 0.6) is 0 Å². The Kier molecular flexibility index (Phi) is 6.52. The molecule has 1 atom stereocenters. The number of ether oxygens (including phenoxy) is 1. The van der Waals surface area contributed by atoms with E-state index in [1.54, 1.807) is 6.92 Å². The van der Waals surface area contributed by atoms with Crippen molar-refractivity contribution in [1.29, 1.82) is 0 Å². The van der Waals surface area contributed by atoms with Crippen LogP contribution in [0.15, 0.2) is 0 Å². The molecule has 0 saturated heterocycles. The molecule has 0 saturated carbocycles. The molecule has 4 heteroatoms. The monoisotopic (exact) mass is 217 g/mol. The molecule has 0 fully saturated rings. The molecule has 0 aromatic heterocycles. The number of hydrogen-bond donors (Lipinski definition) is 2. The van der Waals surface area contributed by atoms with Crippen LogP contribution in [-0.2, 0) is 9.53 Å². The minimum Gasteiger partial charge on any atom is -0.465 e. The molecule has 0 aliphatic rings. The number of carbonyl (C=O) groups is 1. The molecule has 0 aromatic rings. The normalized spacial score (nSPS) is 13.7. The fourth-order valence-electron chi connectivity index (χ4n) is 1.30. The van der Waals surface area contributed by atoms with Gasteiger partial charge in [-0.1, -0.05) is 13.3 Å². The Bertz CT molecular complexity index is 192. The zero-order chi connectivity index (χ0) is 11.9. The Labute approximate surface area is 92.0 Å². The third kappa shape index (κ3) is 5.74. The third-order valence-electron chi connectivity index (χ3n) is 2.11. The van der Waals surface area contributed by atoms with Gasteiger partial charge in [-0.2, -0.15) is 0 Å². The van der Waals surface area contributed by atoms with Crippen molar-refractivity contribution in [3.63, 3.8) is 0 Å². The fourth-order valence-corrected chi connectivity index (χ4v) is 1.30. The fraction of sp³-hybridized carbons (Fsp3) is 0.909. The van der Waals surface area contributed by atoms with Gasteiger partial charge >= 0.3 is 5.97 Å². The highest BCUT2D eigenvalue weighted by Gasteiger charge is 2.26. The smallest absolute Gasteiger partial charge is 0.323 e. The Morgan fingerprint density at radius 3 is 2.47 bits per heavy atom. The van der Waals surface area contributed by atoms with Crippen LogP contribution in [0.4, 0.5) is 0 Å². The van der Waals surface area contributed by atoms with Crippen molar-refractivity contribution in [3.8, 4) is 0 Å². The lowest BCUT2D eigenvalue weighted by molar-refractivity contribution is -0.146. The molecule has 0 radical (unpaired) electrons. The third-order valence-corrected chi connectivity index (χ3v) is 2.11. The zero-order valence-electron chi connectivity index (χ0n) is 10.2. The van der Waals surface area contributed by atoms with Gasteiger partial charge in [0.05, 0.1) is 13.2 Å². The number of aliphatic hydroxyl groups is 1. The van der Waals surface area contributed by atoms with Crippen LogP contribution >= 0.6 is 0 Å². The van der Waals surface area contributed by atoms with Gasteiger partial charge in [0.2, 0.25) is 0 Å². The summed E-state index contributed by atoms with van der Waals surface area (Å²) in [6, 6.07) is -0.322. The van der Waals surface area contributed by atoms with E-state index in [-0.39, 0.29) is 18.6 Å². The van der Waals surface area contributed by atoms with E-state index in [4.69, 9.17) is 9.84 Å². The summed E-state index contributed by atoms with van der Waals surface area (Å²) < 4.78 is 4.96. The van der Waals surface area contributed by atoms with Crippen molar-refractivity contribution >= 4 is 5.97 Å². The molecule has 0 amide bonds. The standard InChI is InChI=1S/C11H23NO3/c1-5-7-9(10(14)15-6-2)12-11(3,4)8-13/h9,12-13H,5-8H2,1-4H3. The second kappa shape index (κ2) is 6.80. The first-order valence-electron chi connectivity index (χ1n) is 5.52. The largest absolute Gasteiger partial charge is 0.465 e. The number of carbonyl (C=O) groups excluding carboxylic acids is 1. The number of hydrogen-bond acceptors (Lipinski definition) is 4. The minimum absolute atomic E-state index is 0.00732. The summed E-state index contributed by atoms with van der Waals surface area (Å²) in [6.07, 6.45) is 1.63. The van der Waals surface area contributed by atoms with Gasteiger partial charge in [-0.15, -0.1) is 0 Å². The highest BCUT2D eigenvalue weighted by atomic mass is 16.5. The Balaban J connectivity index is 4.32. The number of nitrogens with one attached hydrogen (secondary N) is 1. The topological polar surface area (TPSA) is 58.6 Å². The zero-order valence-corrected chi connectivity index (χ0v) is 10.2. The van der Waals surface area contributed by atoms with Crippen LogP contribution in [-0.4, -0.2) is 35.9 Å². The highest BCUT2D eigenvalue weighted by Crippen LogP contribution is 2.07. The molecule has 90 valence electrons. The average molecular weight is 217 g/mol. The van der Waals surface area contributed by atoms with E-state index < -0.39 is 5.54 Å². The van der Waals surface area contributed by atoms with Crippen LogP contribution in [0.25, 0.3) is 0 Å². The molecule has 0 heterocycles. The summed E-state index contributed by atoms with van der Waals surface area (Å²) in [5.74, 6) is -0.235. The summed E-state index contributed by atoms with van der Waals surface area (Å²) in [5.41, 5.74) is -0.452. The number of rotatable bonds is 7. The predicted octanol–water partition coefficient (Wildman–Crippen LogP) is 1.08. The van der Waals surface area contributed by atoms with Gasteiger partial charge in [-0.05, 0) is 27.2 Å². The minimum atomic E-state index is -0.452. The van der Waals surface area contributed by atoms with Crippen molar-refractivity contribution in [2.75, 3.05) is 13.2 Å². The van der Waals surface area contributed by atoms with Crippen LogP contribution in [0, 0.1) is 0 Å². The van der Waals surface area contributed by atoms with E-state index >= 15 is 0 Å². The molecule has 0 aromatic carbocycles. The number of esters is 1. The molecular formula is C11H23NO3. The average Bonchev–Trinajstić information content (AvgIpc) is 2.17. The molecule has 1 unspecified atom stereocenters. The molecule has 0 rings (SSSR count). The van der Waals surface area contributed by atoms with Crippen LogP contribution in [0.3, 0.4) is 0 Å². The lowest BCUT2D eigenvalue weighted by Crippen LogP contribution is -2.52. The molecule has 4 nitrogen and oxygen atoms in total. The van der Waals surface area contributed by atoms with Gasteiger partial charge in [0, 0.05) is 5.54 Å². The first kappa shape index (κ1) is 14.4. The van der Waals surface area contributed by atoms with Crippen molar-refractivity contribution in [2.45, 2.75) is 52.1 Å². The Morgan fingerprint density at radius 1 is 1.47 bits per heavy atom. The van der Waals surface area contributed by atoms with Gasteiger partial charge in [-0.3, -0.25) is 10.1 Å². The second-order valence-electron chi connectivity index (χ2n) is 4.28. The molecule has 0 aliphatic heterocycles. The highest BCUT2D eigenvalue weighted by molar-refractivity contribution is 5.75. The van der Waals surface area contributed by atoms with Crippen molar-refractivity contribution in [3.05, 3.63) is 0 Å². The Morgan fingerprint density at radius 2 is 2.07 bits per heavy atom. The maximum Gasteiger partial charge on any atom is 0.323 e. The van der Waals surface area contributed by atoms with Crippen molar-refractivity contribution in [1.82, 2.24) is 5.32 Å². The first-order chi connectivity index (χ1) is 6.96. The molecule has 0 bridgehead atoms. The van der Waals surface area contributed by atoms with E-state index in [0.717, 1.165) is 12.8 Å². The summed E-state index contributed by atoms with van der Waals surface area (Å²) in [6.45, 7) is 7.90. The second-order valence-corrected chi connectivity index (χ2v) is 4.28. The van der Waals surface area contributed by atoms with E-state index in [2.05, 4.69) is 5.32 Å². The molecular weight excluding hydrogens is 194 g/mol. The first-order valence-corrected chi connectivity index (χ1v) is 5.52. The van der Waals surface area contributed by atoms with Crippen molar-refractivity contribution in [2.24, 2.45) is 0 Å². The molecule has 0 spiro atoms. The van der Waals surface area contributed by atoms with E-state index in [9.17, 15) is 4.79 Å². The van der Waals surface area contributed by atoms with Gasteiger partial charge < -0.3 is 9.84 Å².